The second kappa shape index (κ2) is 12.6. The maximum atomic E-state index is 14.7. The number of unbranched alkanes of at least 4 members (excludes halogenated alkanes) is 2. The highest BCUT2D eigenvalue weighted by atomic mass is 35.5. The summed E-state index contributed by atoms with van der Waals surface area (Å²) in [4.78, 5) is 30.2. The van der Waals surface area contributed by atoms with Gasteiger partial charge in [-0.25, -0.2) is 19.2 Å². The maximum Gasteiger partial charge on any atom is 0.439 e. The second-order valence-corrected chi connectivity index (χ2v) is 11.2. The van der Waals surface area contributed by atoms with Crippen molar-refractivity contribution in [1.82, 2.24) is 29.7 Å². The topological polar surface area (TPSA) is 115 Å². The van der Waals surface area contributed by atoms with Gasteiger partial charge in [0.05, 0.1) is 46.6 Å². The van der Waals surface area contributed by atoms with Crippen LogP contribution in [0.1, 0.15) is 43.7 Å². The van der Waals surface area contributed by atoms with Crippen molar-refractivity contribution in [3.05, 3.63) is 75.2 Å². The number of hydrogen-bond donors (Lipinski definition) is 1. The van der Waals surface area contributed by atoms with Gasteiger partial charge in [0.25, 0.3) is 0 Å². The number of imidazole rings is 1. The lowest BCUT2D eigenvalue weighted by molar-refractivity contribution is -0.140. The molecule has 1 aliphatic heterocycles. The number of fused-ring (bicyclic) bond motifs is 1. The van der Waals surface area contributed by atoms with E-state index in [2.05, 4.69) is 26.9 Å². The van der Waals surface area contributed by atoms with Gasteiger partial charge in [-0.05, 0) is 36.2 Å². The van der Waals surface area contributed by atoms with E-state index in [1.54, 1.807) is 22.9 Å². The molecule has 0 amide bonds. The SMILES string of the molecule is CCCCCC1CN(c2nc3cc(-c4noc(=O)[nH]4)nc(-c4cncc(Cl)c4)c3n2Cc2ccc(C(F)(F)F)c(F)c2)CCO1. The highest BCUT2D eigenvalue weighted by Crippen LogP contribution is 2.36. The van der Waals surface area contributed by atoms with E-state index in [9.17, 15) is 22.4 Å². The van der Waals surface area contributed by atoms with Gasteiger partial charge in [-0.1, -0.05) is 49.0 Å². The Bertz CT molecular complexity index is 1890. The summed E-state index contributed by atoms with van der Waals surface area (Å²) in [7, 11) is 0. The largest absolute Gasteiger partial charge is 0.439 e. The first kappa shape index (κ1) is 30.7. The highest BCUT2D eigenvalue weighted by Gasteiger charge is 2.34. The van der Waals surface area contributed by atoms with Crippen molar-refractivity contribution in [3.63, 3.8) is 0 Å². The summed E-state index contributed by atoms with van der Waals surface area (Å²) in [6, 6.07) is 6.14. The molecule has 0 bridgehead atoms. The Morgan fingerprint density at radius 2 is 1.98 bits per heavy atom. The third-order valence-electron chi connectivity index (χ3n) is 7.60. The molecule has 4 aromatic heterocycles. The summed E-state index contributed by atoms with van der Waals surface area (Å²) in [5, 5.41) is 4.11. The Labute approximate surface area is 259 Å². The number of H-pyrrole nitrogens is 1. The van der Waals surface area contributed by atoms with Crippen molar-refractivity contribution in [1.29, 1.82) is 0 Å². The van der Waals surface area contributed by atoms with Crippen LogP contribution in [0.4, 0.5) is 23.5 Å². The van der Waals surface area contributed by atoms with Crippen LogP contribution >= 0.6 is 11.6 Å². The number of ether oxygens (including phenoxy) is 1. The Hall–Kier alpha value is -4.30. The summed E-state index contributed by atoms with van der Waals surface area (Å²) in [5.41, 5.74) is 0.997. The molecule has 10 nitrogen and oxygen atoms in total. The zero-order valence-electron chi connectivity index (χ0n) is 24.1. The number of hydrogen-bond acceptors (Lipinski definition) is 8. The molecular weight excluding hydrogens is 618 g/mol. The van der Waals surface area contributed by atoms with Crippen LogP contribution in [-0.2, 0) is 17.5 Å². The zero-order chi connectivity index (χ0) is 31.7. The molecule has 5 heterocycles. The van der Waals surface area contributed by atoms with Crippen LogP contribution in [0.15, 0.2) is 52.0 Å². The van der Waals surface area contributed by atoms with Crippen LogP contribution < -0.4 is 10.7 Å². The predicted molar refractivity (Wildman–Crippen MR) is 158 cm³/mol. The minimum Gasteiger partial charge on any atom is -0.375 e. The van der Waals surface area contributed by atoms with E-state index in [4.69, 9.17) is 30.8 Å². The fourth-order valence-electron chi connectivity index (χ4n) is 5.51. The highest BCUT2D eigenvalue weighted by molar-refractivity contribution is 6.30. The standard InChI is InChI=1S/C30H28ClF4N7O3/c1-2-3-4-5-20-16-41(8-9-44-20)28-38-23-12-24(27-39-29(43)45-40-27)37-25(18-11-19(31)14-36-13-18)26(23)42(28)15-17-6-7-21(22(32)10-17)30(33,34)35/h6-7,10-14,20H,2-5,8-9,15-16H2,1H3,(H,39,40,43). The van der Waals surface area contributed by atoms with Crippen molar-refractivity contribution < 1.29 is 26.8 Å². The van der Waals surface area contributed by atoms with Gasteiger partial charge in [0.2, 0.25) is 11.8 Å². The van der Waals surface area contributed by atoms with E-state index in [1.807, 2.05) is 0 Å². The average molecular weight is 646 g/mol. The van der Waals surface area contributed by atoms with Crippen molar-refractivity contribution in [2.75, 3.05) is 24.6 Å². The summed E-state index contributed by atoms with van der Waals surface area (Å²) < 4.78 is 67.3. The Kier molecular flexibility index (Phi) is 8.60. The predicted octanol–water partition coefficient (Wildman–Crippen LogP) is 6.48. The number of benzene rings is 1. The van der Waals surface area contributed by atoms with Crippen LogP contribution in [0.3, 0.4) is 0 Å². The van der Waals surface area contributed by atoms with Gasteiger partial charge in [-0.3, -0.25) is 14.5 Å². The van der Waals surface area contributed by atoms with Gasteiger partial charge in [-0.15, -0.1) is 0 Å². The number of aromatic amines is 1. The Morgan fingerprint density at radius 3 is 2.69 bits per heavy atom. The summed E-state index contributed by atoms with van der Waals surface area (Å²) in [6.45, 7) is 3.58. The molecule has 5 aromatic rings. The number of rotatable bonds is 9. The van der Waals surface area contributed by atoms with Crippen molar-refractivity contribution >= 4 is 28.6 Å². The van der Waals surface area contributed by atoms with E-state index < -0.39 is 23.3 Å². The van der Waals surface area contributed by atoms with E-state index in [0.29, 0.717) is 53.0 Å². The molecule has 1 atom stereocenters. The normalized spacial score (nSPS) is 15.7. The van der Waals surface area contributed by atoms with Gasteiger partial charge in [0.15, 0.2) is 0 Å². The molecule has 6 rings (SSSR count). The number of nitrogens with zero attached hydrogens (tertiary/aromatic N) is 6. The fraction of sp³-hybridized carbons (Fsp3) is 0.367. The first-order chi connectivity index (χ1) is 21.6. The maximum absolute atomic E-state index is 14.7. The van der Waals surface area contributed by atoms with E-state index in [1.165, 1.54) is 12.3 Å². The van der Waals surface area contributed by atoms with Crippen LogP contribution in [0.5, 0.6) is 0 Å². The summed E-state index contributed by atoms with van der Waals surface area (Å²) in [6.07, 6.45) is 2.15. The van der Waals surface area contributed by atoms with Crippen molar-refractivity contribution in [2.24, 2.45) is 0 Å². The molecule has 236 valence electrons. The van der Waals surface area contributed by atoms with Crippen LogP contribution in [0, 0.1) is 5.82 Å². The first-order valence-corrected chi connectivity index (χ1v) is 14.8. The monoisotopic (exact) mass is 645 g/mol. The molecule has 1 fully saturated rings. The molecule has 0 radical (unpaired) electrons. The second-order valence-electron chi connectivity index (χ2n) is 10.8. The minimum absolute atomic E-state index is 0.0262. The quantitative estimate of drug-likeness (QED) is 0.143. The number of aromatic nitrogens is 6. The summed E-state index contributed by atoms with van der Waals surface area (Å²) >= 11 is 6.30. The Morgan fingerprint density at radius 1 is 1.13 bits per heavy atom. The molecule has 0 saturated carbocycles. The number of pyridine rings is 2. The molecule has 45 heavy (non-hydrogen) atoms. The molecule has 15 heteroatoms. The van der Waals surface area contributed by atoms with Crippen molar-refractivity contribution in [2.45, 2.75) is 51.4 Å². The van der Waals surface area contributed by atoms with Gasteiger partial charge in [0, 0.05) is 31.0 Å². The third kappa shape index (κ3) is 6.57. The number of halogens is 5. The molecule has 1 aromatic carbocycles. The van der Waals surface area contributed by atoms with E-state index in [-0.39, 0.29) is 29.7 Å². The zero-order valence-corrected chi connectivity index (χ0v) is 24.8. The fourth-order valence-corrected chi connectivity index (χ4v) is 5.68. The lowest BCUT2D eigenvalue weighted by Gasteiger charge is -2.34. The van der Waals surface area contributed by atoms with Gasteiger partial charge in [-0.2, -0.15) is 13.2 Å². The van der Waals surface area contributed by atoms with Crippen LogP contribution in [0.2, 0.25) is 5.02 Å². The van der Waals surface area contributed by atoms with Crippen LogP contribution in [-0.4, -0.2) is 55.5 Å². The number of alkyl halides is 3. The van der Waals surface area contributed by atoms with Gasteiger partial charge >= 0.3 is 11.9 Å². The number of morpholine rings is 1. The smallest absolute Gasteiger partial charge is 0.375 e. The van der Waals surface area contributed by atoms with Gasteiger partial charge in [0.1, 0.15) is 11.5 Å². The van der Waals surface area contributed by atoms with Crippen LogP contribution in [0.25, 0.3) is 33.8 Å². The molecule has 1 unspecified atom stereocenters. The Balaban J connectivity index is 1.54. The number of anilines is 1. The van der Waals surface area contributed by atoms with Gasteiger partial charge < -0.3 is 14.2 Å². The van der Waals surface area contributed by atoms with E-state index in [0.717, 1.165) is 37.8 Å². The molecule has 0 spiro atoms. The molecule has 1 aliphatic rings. The average Bonchev–Trinajstić information content (AvgIpc) is 3.60. The molecule has 0 aliphatic carbocycles. The lowest BCUT2D eigenvalue weighted by Crippen LogP contribution is -2.43. The number of nitrogens with one attached hydrogen (secondary N) is 1. The molecule has 1 N–H and O–H groups in total. The minimum atomic E-state index is -4.83. The van der Waals surface area contributed by atoms with E-state index >= 15 is 0 Å². The molecule has 1 saturated heterocycles. The molecular formula is C30H28ClF4N7O3. The summed E-state index contributed by atoms with van der Waals surface area (Å²) in [5.74, 6) is -1.57. The first-order valence-electron chi connectivity index (χ1n) is 14.4. The third-order valence-corrected chi connectivity index (χ3v) is 7.80. The van der Waals surface area contributed by atoms with Crippen molar-refractivity contribution in [3.8, 4) is 22.8 Å². The lowest BCUT2D eigenvalue weighted by atomic mass is 10.1.